The molecule has 2 aliphatic carbocycles. The van der Waals surface area contributed by atoms with Crippen molar-refractivity contribution in [2.24, 2.45) is 11.3 Å². The Hall–Kier alpha value is 0.140. The Morgan fingerprint density at radius 3 is 2.79 bits per heavy atom. The molecule has 0 aromatic carbocycles. The van der Waals surface area contributed by atoms with E-state index in [0.717, 1.165) is 17.9 Å². The third-order valence-corrected chi connectivity index (χ3v) is 6.76. The van der Waals surface area contributed by atoms with Gasteiger partial charge in [-0.25, -0.2) is 0 Å². The first-order valence-electron chi connectivity index (χ1n) is 7.51. The number of rotatable bonds is 4. The van der Waals surface area contributed by atoms with Crippen LogP contribution in [-0.2, 0) is 0 Å². The molecule has 2 saturated carbocycles. The monoisotopic (exact) mass is 341 g/mol. The summed E-state index contributed by atoms with van der Waals surface area (Å²) >= 11 is 5.69. The van der Waals surface area contributed by atoms with Crippen LogP contribution in [0.3, 0.4) is 0 Å². The largest absolute Gasteiger partial charge is 0.314 e. The lowest BCUT2D eigenvalue weighted by molar-refractivity contribution is 0.161. The van der Waals surface area contributed by atoms with Crippen LogP contribution >= 0.6 is 27.3 Å². The van der Waals surface area contributed by atoms with Gasteiger partial charge in [-0.2, -0.15) is 0 Å². The maximum Gasteiger partial charge on any atom is 0.0317 e. The van der Waals surface area contributed by atoms with E-state index in [1.807, 2.05) is 11.3 Å². The third-order valence-electron chi connectivity index (χ3n) is 4.76. The van der Waals surface area contributed by atoms with Crippen LogP contribution in [-0.4, -0.2) is 12.6 Å². The van der Waals surface area contributed by atoms with E-state index in [4.69, 9.17) is 0 Å². The molecule has 0 spiro atoms. The molecule has 1 aromatic rings. The van der Waals surface area contributed by atoms with Crippen molar-refractivity contribution in [3.05, 3.63) is 20.8 Å². The van der Waals surface area contributed by atoms with E-state index in [2.05, 4.69) is 46.5 Å². The van der Waals surface area contributed by atoms with Gasteiger partial charge in [0.05, 0.1) is 0 Å². The molecule has 0 radical (unpaired) electrons. The van der Waals surface area contributed by atoms with Crippen molar-refractivity contribution in [1.82, 2.24) is 5.32 Å². The lowest BCUT2D eigenvalue weighted by Crippen LogP contribution is -2.35. The van der Waals surface area contributed by atoms with Gasteiger partial charge in [-0.1, -0.05) is 13.8 Å². The summed E-state index contributed by atoms with van der Waals surface area (Å²) in [5, 5.41) is 5.98. The highest BCUT2D eigenvalue weighted by Gasteiger charge is 2.37. The fourth-order valence-electron chi connectivity index (χ4n) is 3.37. The van der Waals surface area contributed by atoms with Gasteiger partial charge in [0.15, 0.2) is 0 Å². The lowest BCUT2D eigenvalue weighted by atomic mass is 9.66. The third kappa shape index (κ3) is 3.43. The fraction of sp³-hybridized carbons (Fsp3) is 0.750. The van der Waals surface area contributed by atoms with Crippen LogP contribution in [0.25, 0.3) is 0 Å². The molecule has 0 saturated heterocycles. The molecule has 1 aromatic heterocycles. The van der Waals surface area contributed by atoms with E-state index < -0.39 is 0 Å². The van der Waals surface area contributed by atoms with Gasteiger partial charge in [0.1, 0.15) is 0 Å². The topological polar surface area (TPSA) is 12.0 Å². The van der Waals surface area contributed by atoms with Crippen LogP contribution in [0.5, 0.6) is 0 Å². The van der Waals surface area contributed by atoms with E-state index in [1.54, 1.807) is 4.88 Å². The first-order valence-corrected chi connectivity index (χ1v) is 9.19. The van der Waals surface area contributed by atoms with Gasteiger partial charge in [0, 0.05) is 15.4 Å². The molecule has 2 aliphatic rings. The molecular formula is C16H24BrNS. The van der Waals surface area contributed by atoms with Crippen molar-refractivity contribution >= 4 is 27.3 Å². The summed E-state index contributed by atoms with van der Waals surface area (Å²) in [5.41, 5.74) is 0.504. The van der Waals surface area contributed by atoms with Crippen LogP contribution in [0, 0.1) is 11.3 Å². The fourth-order valence-corrected chi connectivity index (χ4v) is 5.23. The maximum atomic E-state index is 3.75. The zero-order valence-corrected chi connectivity index (χ0v) is 14.3. The second-order valence-electron chi connectivity index (χ2n) is 7.09. The Bertz CT molecular complexity index is 434. The number of nitrogens with one attached hydrogen (secondary N) is 1. The van der Waals surface area contributed by atoms with E-state index in [-0.39, 0.29) is 0 Å². The summed E-state index contributed by atoms with van der Waals surface area (Å²) in [6, 6.07) is 3.05. The lowest BCUT2D eigenvalue weighted by Gasteiger charge is -2.41. The molecular weight excluding hydrogens is 318 g/mol. The summed E-state index contributed by atoms with van der Waals surface area (Å²) in [4.78, 5) is 1.58. The average Bonchev–Trinajstić information content (AvgIpc) is 3.08. The Balaban J connectivity index is 1.74. The molecule has 0 bridgehead atoms. The minimum atomic E-state index is 0.504. The molecule has 0 amide bonds. The van der Waals surface area contributed by atoms with Gasteiger partial charge < -0.3 is 5.32 Å². The molecule has 1 nitrogen and oxygen atoms in total. The average molecular weight is 342 g/mol. The Morgan fingerprint density at radius 2 is 2.16 bits per heavy atom. The number of halogens is 1. The number of hydrogen-bond acceptors (Lipinski definition) is 2. The Labute approximate surface area is 129 Å². The molecule has 0 aliphatic heterocycles. The highest BCUT2D eigenvalue weighted by atomic mass is 79.9. The van der Waals surface area contributed by atoms with Gasteiger partial charge in [-0.05, 0) is 83.3 Å². The van der Waals surface area contributed by atoms with E-state index in [1.165, 1.54) is 43.1 Å². The predicted octanol–water partition coefficient (Wildman–Crippen LogP) is 5.17. The molecule has 3 heteroatoms. The highest BCUT2D eigenvalue weighted by Crippen LogP contribution is 2.49. The standard InChI is InChI=1S/C16H24BrNS/c1-16(2)7-5-11(10-18-12-3-4-12)13(9-16)15-14(17)6-8-19-15/h6,8,11-13,18H,3-5,7,9-10H2,1-2H3. The van der Waals surface area contributed by atoms with Crippen LogP contribution in [0.15, 0.2) is 15.9 Å². The normalized spacial score (nSPS) is 30.5. The smallest absolute Gasteiger partial charge is 0.0317 e. The summed E-state index contributed by atoms with van der Waals surface area (Å²) in [5.74, 6) is 1.56. The number of thiophene rings is 1. The zero-order chi connectivity index (χ0) is 13.5. The Morgan fingerprint density at radius 1 is 1.37 bits per heavy atom. The summed E-state index contributed by atoms with van der Waals surface area (Å²) in [6.45, 7) is 6.09. The molecule has 19 heavy (non-hydrogen) atoms. The summed E-state index contributed by atoms with van der Waals surface area (Å²) in [7, 11) is 0. The molecule has 106 valence electrons. The van der Waals surface area contributed by atoms with Gasteiger partial charge in [0.25, 0.3) is 0 Å². The molecule has 3 rings (SSSR count). The van der Waals surface area contributed by atoms with Crippen molar-refractivity contribution in [2.45, 2.75) is 57.9 Å². The van der Waals surface area contributed by atoms with Crippen LogP contribution in [0.1, 0.15) is 56.7 Å². The maximum absolute atomic E-state index is 3.75. The zero-order valence-electron chi connectivity index (χ0n) is 11.9. The molecule has 2 unspecified atom stereocenters. The van der Waals surface area contributed by atoms with Crippen molar-refractivity contribution in [2.75, 3.05) is 6.54 Å². The van der Waals surface area contributed by atoms with Gasteiger partial charge >= 0.3 is 0 Å². The Kier molecular flexibility index (Phi) is 4.08. The first kappa shape index (κ1) is 14.1. The molecule has 1 heterocycles. The predicted molar refractivity (Wildman–Crippen MR) is 86.9 cm³/mol. The van der Waals surface area contributed by atoms with Gasteiger partial charge in [0.2, 0.25) is 0 Å². The van der Waals surface area contributed by atoms with E-state index in [9.17, 15) is 0 Å². The van der Waals surface area contributed by atoms with Crippen molar-refractivity contribution < 1.29 is 0 Å². The second-order valence-corrected chi connectivity index (χ2v) is 8.89. The van der Waals surface area contributed by atoms with Crippen molar-refractivity contribution in [3.8, 4) is 0 Å². The SMILES string of the molecule is CC1(C)CCC(CNC2CC2)C(c2sccc2Br)C1. The first-order chi connectivity index (χ1) is 9.05. The van der Waals surface area contributed by atoms with Crippen molar-refractivity contribution in [3.63, 3.8) is 0 Å². The molecule has 2 fully saturated rings. The van der Waals surface area contributed by atoms with E-state index >= 15 is 0 Å². The van der Waals surface area contributed by atoms with Gasteiger partial charge in [-0.15, -0.1) is 11.3 Å². The van der Waals surface area contributed by atoms with Crippen LogP contribution in [0.4, 0.5) is 0 Å². The van der Waals surface area contributed by atoms with Gasteiger partial charge in [-0.3, -0.25) is 0 Å². The summed E-state index contributed by atoms with van der Waals surface area (Å²) in [6.07, 6.45) is 6.88. The van der Waals surface area contributed by atoms with E-state index in [0.29, 0.717) is 5.41 Å². The quantitative estimate of drug-likeness (QED) is 0.796. The summed E-state index contributed by atoms with van der Waals surface area (Å²) < 4.78 is 1.33. The minimum absolute atomic E-state index is 0.504. The van der Waals surface area contributed by atoms with Crippen molar-refractivity contribution in [1.29, 1.82) is 0 Å². The molecule has 1 N–H and O–H groups in total. The number of hydrogen-bond donors (Lipinski definition) is 1. The molecule has 2 atom stereocenters. The van der Waals surface area contributed by atoms with Crippen LogP contribution < -0.4 is 5.32 Å². The second kappa shape index (κ2) is 5.50. The highest BCUT2D eigenvalue weighted by molar-refractivity contribution is 9.10. The van der Waals surface area contributed by atoms with Crippen LogP contribution in [0.2, 0.25) is 0 Å². The minimum Gasteiger partial charge on any atom is -0.314 e.